The van der Waals surface area contributed by atoms with E-state index in [1.165, 1.54) is 75.9 Å². The van der Waals surface area contributed by atoms with Crippen molar-refractivity contribution in [3.8, 4) is 0 Å². The number of hydrogen-bond acceptors (Lipinski definition) is 12. The summed E-state index contributed by atoms with van der Waals surface area (Å²) in [6.07, 6.45) is 6.15. The first-order valence-electron chi connectivity index (χ1n) is 37.6. The van der Waals surface area contributed by atoms with Gasteiger partial charge in [0, 0.05) is 79.7 Å². The zero-order chi connectivity index (χ0) is 75.8. The molecule has 13 atom stereocenters. The lowest BCUT2D eigenvalue weighted by Crippen LogP contribution is -2.65. The van der Waals surface area contributed by atoms with Crippen LogP contribution in [-0.2, 0) is 57.5 Å². The van der Waals surface area contributed by atoms with E-state index >= 15 is 19.2 Å². The van der Waals surface area contributed by atoms with Crippen LogP contribution in [0.2, 0.25) is 0 Å². The molecule has 2 heterocycles. The van der Waals surface area contributed by atoms with Crippen molar-refractivity contribution < 1.29 is 70.7 Å². The third kappa shape index (κ3) is 21.8. The Kier molecular flexibility index (Phi) is 31.9. The standard InChI is InChI=1S/C73H119Cl2F3N12O12/c1-14-46(5)62-69(100)84(9)43-60(93)82(7)44-61(94)86(11)56(39-48-26-18-16-19-27-48)67(98)83(8)42-58(91)79-54(33-31-49-30-32-51(53(75)38-49)73(76,77)78)66(97)90(15-2)55(40-50-28-20-21-29-52(50)74)65(96)81-72(34-22-23-35-72)71(102)88(13)63(45(3)4)70(101)87(12)57(68(99)89-36-24-17-25-37-89)41-59(92)85(10)47(6)64(95)80-62/h45-57,62-63H,14-44H2,1-13H3,(H,79,91)(H,80,95)(H,81,96)/t46-,47-,49?,50?,51?,52?,53?,54-,55-,56-,57-,62-,63-/m0/s1. The zero-order valence-electron chi connectivity index (χ0n) is 62.9. The van der Waals surface area contributed by atoms with Crippen LogP contribution in [0.15, 0.2) is 0 Å². The Labute approximate surface area is 613 Å². The molecule has 3 N–H and O–H groups in total. The fourth-order valence-corrected chi connectivity index (χ4v) is 17.2. The number of nitrogens with zero attached hydrogens (tertiary/aromatic N) is 9. The number of likely N-dealkylation sites (N-methyl/N-ethyl adjacent to an activating group) is 8. The maximum Gasteiger partial charge on any atom is 0.393 e. The number of halogens is 5. The van der Waals surface area contributed by atoms with Gasteiger partial charge in [0.05, 0.1) is 32.0 Å². The maximum atomic E-state index is 15.8. The normalized spacial score (nSPS) is 30.5. The van der Waals surface area contributed by atoms with Crippen molar-refractivity contribution in [2.24, 2.45) is 35.5 Å². The van der Waals surface area contributed by atoms with Crippen LogP contribution >= 0.6 is 23.2 Å². The van der Waals surface area contributed by atoms with Crippen LogP contribution in [0.1, 0.15) is 202 Å². The third-order valence-electron chi connectivity index (χ3n) is 23.3. The van der Waals surface area contributed by atoms with E-state index in [9.17, 15) is 51.5 Å². The van der Waals surface area contributed by atoms with Gasteiger partial charge in [0.25, 0.3) is 0 Å². The smallest absolute Gasteiger partial charge is 0.343 e. The molecule has 29 heteroatoms. The molecule has 0 radical (unpaired) electrons. The van der Waals surface area contributed by atoms with E-state index in [-0.39, 0.29) is 76.2 Å². The lowest BCUT2D eigenvalue weighted by molar-refractivity contribution is -0.182. The highest BCUT2D eigenvalue weighted by atomic mass is 35.5. The van der Waals surface area contributed by atoms with Crippen molar-refractivity contribution in [3.05, 3.63) is 0 Å². The Morgan fingerprint density at radius 3 is 1.76 bits per heavy atom. The van der Waals surface area contributed by atoms with Crippen LogP contribution in [0.5, 0.6) is 0 Å². The molecule has 4 saturated carbocycles. The van der Waals surface area contributed by atoms with Gasteiger partial charge in [0.15, 0.2) is 0 Å². The molecule has 6 rings (SSSR count). The topological polar surface area (TPSA) is 270 Å². The lowest BCUT2D eigenvalue weighted by atomic mass is 9.78. The van der Waals surface area contributed by atoms with Gasteiger partial charge in [-0.25, -0.2) is 0 Å². The second-order valence-corrected chi connectivity index (χ2v) is 32.0. The summed E-state index contributed by atoms with van der Waals surface area (Å²) < 4.78 is 42.4. The molecule has 4 aliphatic carbocycles. The van der Waals surface area contributed by atoms with Gasteiger partial charge in [-0.3, -0.25) is 57.5 Å². The van der Waals surface area contributed by atoms with Crippen molar-refractivity contribution in [3.63, 3.8) is 0 Å². The number of piperidine rings is 1. The van der Waals surface area contributed by atoms with Gasteiger partial charge in [0.1, 0.15) is 47.8 Å². The van der Waals surface area contributed by atoms with Gasteiger partial charge in [-0.15, -0.1) is 23.2 Å². The molecule has 0 aromatic heterocycles. The summed E-state index contributed by atoms with van der Waals surface area (Å²) in [6, 6.07) is -8.98. The highest BCUT2D eigenvalue weighted by Gasteiger charge is 2.52. The molecule has 6 fully saturated rings. The van der Waals surface area contributed by atoms with Crippen molar-refractivity contribution in [2.45, 2.75) is 267 Å². The Bertz CT molecular complexity index is 2930. The molecule has 5 unspecified atom stereocenters. The van der Waals surface area contributed by atoms with Crippen LogP contribution in [-0.4, -0.2) is 268 Å². The fraction of sp³-hybridized carbons (Fsp3) is 0.836. The number of carbonyl (C=O) groups is 12. The lowest BCUT2D eigenvalue weighted by Gasteiger charge is -2.42. The number of nitrogens with one attached hydrogen (secondary N) is 3. The van der Waals surface area contributed by atoms with Gasteiger partial charge in [-0.05, 0) is 133 Å². The second-order valence-electron chi connectivity index (χ2n) is 30.9. The monoisotopic (exact) mass is 1480 g/mol. The molecule has 0 bridgehead atoms. The fourth-order valence-electron chi connectivity index (χ4n) is 16.3. The number of likely N-dealkylation sites (tertiary alicyclic amines) is 1. The Balaban J connectivity index is 1.45. The summed E-state index contributed by atoms with van der Waals surface area (Å²) in [4.78, 5) is 191. The molecular weight excluding hydrogens is 1360 g/mol. The largest absolute Gasteiger partial charge is 0.393 e. The van der Waals surface area contributed by atoms with Crippen molar-refractivity contribution >= 4 is 94.1 Å². The van der Waals surface area contributed by atoms with Gasteiger partial charge in [-0.2, -0.15) is 13.2 Å². The first-order valence-corrected chi connectivity index (χ1v) is 38.5. The quantitative estimate of drug-likeness (QED) is 0.168. The number of rotatable bonds is 12. The van der Waals surface area contributed by atoms with E-state index < -0.39 is 185 Å². The Morgan fingerprint density at radius 1 is 0.578 bits per heavy atom. The number of carbonyl (C=O) groups excluding carboxylic acids is 12. The molecule has 2 saturated heterocycles. The Hall–Kier alpha value is -5.99. The highest BCUT2D eigenvalue weighted by Crippen LogP contribution is 2.44. The molecule has 12 amide bonds. The highest BCUT2D eigenvalue weighted by molar-refractivity contribution is 6.21. The average Bonchev–Trinajstić information content (AvgIpc) is 1.42. The van der Waals surface area contributed by atoms with Gasteiger partial charge >= 0.3 is 6.18 Å². The molecule has 0 aromatic rings. The minimum absolute atomic E-state index is 0.0182. The minimum Gasteiger partial charge on any atom is -0.343 e. The molecule has 0 aromatic carbocycles. The van der Waals surface area contributed by atoms with Crippen LogP contribution in [0.4, 0.5) is 13.2 Å². The summed E-state index contributed by atoms with van der Waals surface area (Å²) in [5.41, 5.74) is -1.63. The second kappa shape index (κ2) is 38.3. The van der Waals surface area contributed by atoms with E-state index in [0.717, 1.165) is 71.0 Å². The number of alkyl halides is 5. The molecule has 1 spiro atoms. The molecule has 6 aliphatic rings. The third-order valence-corrected chi connectivity index (χ3v) is 24.3. The van der Waals surface area contributed by atoms with E-state index in [4.69, 9.17) is 23.2 Å². The number of amides is 12. The predicted octanol–water partition coefficient (Wildman–Crippen LogP) is 6.95. The first kappa shape index (κ1) is 84.9. The van der Waals surface area contributed by atoms with Crippen LogP contribution < -0.4 is 16.0 Å². The molecule has 578 valence electrons. The molecule has 2 aliphatic heterocycles. The van der Waals surface area contributed by atoms with E-state index in [0.29, 0.717) is 58.0 Å². The maximum absolute atomic E-state index is 15.8. The van der Waals surface area contributed by atoms with Crippen molar-refractivity contribution in [1.82, 2.24) is 60.0 Å². The minimum atomic E-state index is -4.53. The van der Waals surface area contributed by atoms with Crippen molar-refractivity contribution in [2.75, 3.05) is 88.6 Å². The summed E-state index contributed by atoms with van der Waals surface area (Å²) in [6.45, 7) is 9.12. The van der Waals surface area contributed by atoms with Gasteiger partial charge in [0.2, 0.25) is 70.9 Å². The summed E-state index contributed by atoms with van der Waals surface area (Å²) in [7, 11) is 9.84. The summed E-state index contributed by atoms with van der Waals surface area (Å²) in [5, 5.41) is 7.17. The predicted molar refractivity (Wildman–Crippen MR) is 382 cm³/mol. The molecule has 24 nitrogen and oxygen atoms in total. The van der Waals surface area contributed by atoms with Gasteiger partial charge < -0.3 is 60.0 Å². The molecular formula is C73H119Cl2F3N12O12. The molecule has 102 heavy (non-hydrogen) atoms. The first-order chi connectivity index (χ1) is 48.0. The zero-order valence-corrected chi connectivity index (χ0v) is 64.4. The van der Waals surface area contributed by atoms with Gasteiger partial charge in [-0.1, -0.05) is 91.9 Å². The average molecular weight is 1480 g/mol. The van der Waals surface area contributed by atoms with Crippen LogP contribution in [0.3, 0.4) is 0 Å². The van der Waals surface area contributed by atoms with E-state index in [1.54, 1.807) is 32.6 Å². The SMILES string of the molecule is CC[C@H](C)[C@@H]1NC(=O)[C@H](C)N(C)C(=O)C[C@@H](C(=O)N2CCCCC2)N(C)C(=O)[C@H](C(C)C)N(C)C(=O)C2(CCCC2)NC(=O)[C@H](CC2CCCCC2Cl)N(CC)C(=O)[C@H](CCC2CCC(C(F)(F)F)C(Cl)C2)NC(=O)CN(C)C(=O)[C@H](CC2CCCCC2)N(C)C(=O)CN(C)C(=O)CN(C)C1=O. The van der Waals surface area contributed by atoms with E-state index in [1.807, 2.05) is 6.92 Å². The van der Waals surface area contributed by atoms with Crippen LogP contribution in [0, 0.1) is 35.5 Å². The summed E-state index contributed by atoms with van der Waals surface area (Å²) >= 11 is 13.6. The van der Waals surface area contributed by atoms with Crippen molar-refractivity contribution in [1.29, 1.82) is 0 Å². The van der Waals surface area contributed by atoms with E-state index in [2.05, 4.69) is 16.0 Å². The Morgan fingerprint density at radius 2 is 1.18 bits per heavy atom. The number of hydrogen-bond donors (Lipinski definition) is 3. The summed E-state index contributed by atoms with van der Waals surface area (Å²) in [5.74, 6) is -11.4. The van der Waals surface area contributed by atoms with Crippen LogP contribution in [0.25, 0.3) is 0 Å².